The maximum Gasteiger partial charge on any atom is 0.344 e. The van der Waals surface area contributed by atoms with Gasteiger partial charge in [0.2, 0.25) is 17.6 Å². The smallest absolute Gasteiger partial charge is 0.339 e. The molecule has 1 aliphatic heterocycles. The molecule has 1 spiro atoms. The number of amides is 4. The number of hydrogen-bond acceptors (Lipinski definition) is 6. The molecule has 4 amide bonds. The molecule has 30 heavy (non-hydrogen) atoms. The Balaban J connectivity index is 1.32. The fourth-order valence-electron chi connectivity index (χ4n) is 3.79. The number of carbonyl (C=O) groups is 3. The van der Waals surface area contributed by atoms with E-state index in [0.29, 0.717) is 29.6 Å². The maximum absolute atomic E-state index is 12.8. The average Bonchev–Trinajstić information content (AvgIpc) is 3.29. The lowest BCUT2D eigenvalue weighted by Gasteiger charge is -2.33. The van der Waals surface area contributed by atoms with Crippen LogP contribution in [-0.2, 0) is 16.0 Å². The number of aromatic nitrogens is 2. The molecule has 1 aliphatic carbocycles. The van der Waals surface area contributed by atoms with E-state index in [9.17, 15) is 14.4 Å². The number of hydrazine groups is 1. The highest BCUT2D eigenvalue weighted by Gasteiger charge is 2.52. The fraction of sp³-hybridized carbons (Fsp3) is 0.450. The molecule has 4 rings (SSSR count). The molecule has 2 fully saturated rings. The number of halogens is 1. The van der Waals surface area contributed by atoms with Gasteiger partial charge < -0.3 is 9.84 Å². The Labute approximate surface area is 178 Å². The number of rotatable bonds is 5. The van der Waals surface area contributed by atoms with Gasteiger partial charge in [-0.1, -0.05) is 23.7 Å². The highest BCUT2D eigenvalue weighted by atomic mass is 35.5. The van der Waals surface area contributed by atoms with E-state index in [1.54, 1.807) is 24.3 Å². The third-order valence-electron chi connectivity index (χ3n) is 5.66. The van der Waals surface area contributed by atoms with Gasteiger partial charge in [-0.25, -0.2) is 4.79 Å². The van der Waals surface area contributed by atoms with Crippen molar-refractivity contribution in [1.82, 2.24) is 25.9 Å². The van der Waals surface area contributed by atoms with Gasteiger partial charge in [0.1, 0.15) is 5.54 Å². The van der Waals surface area contributed by atoms with Gasteiger partial charge in [-0.15, -0.1) is 0 Å². The quantitative estimate of drug-likeness (QED) is 0.703. The highest BCUT2D eigenvalue weighted by Crippen LogP contribution is 2.35. The Bertz CT molecular complexity index is 966. The Kier molecular flexibility index (Phi) is 5.46. The number of carbonyl (C=O) groups excluding carboxylic acids is 3. The number of hydrogen-bond donors (Lipinski definition) is 2. The van der Waals surface area contributed by atoms with Crippen LogP contribution < -0.4 is 10.7 Å². The zero-order chi connectivity index (χ0) is 21.3. The van der Waals surface area contributed by atoms with Crippen molar-refractivity contribution in [2.24, 2.45) is 5.92 Å². The summed E-state index contributed by atoms with van der Waals surface area (Å²) < 4.78 is 5.18. The number of benzene rings is 1. The lowest BCUT2D eigenvalue weighted by Crippen LogP contribution is -2.51. The zero-order valence-corrected chi connectivity index (χ0v) is 17.2. The summed E-state index contributed by atoms with van der Waals surface area (Å²) in [4.78, 5) is 41.6. The van der Waals surface area contributed by atoms with E-state index in [2.05, 4.69) is 27.8 Å². The van der Waals surface area contributed by atoms with Gasteiger partial charge in [0.15, 0.2) is 0 Å². The van der Waals surface area contributed by atoms with Gasteiger partial charge in [0, 0.05) is 23.4 Å². The van der Waals surface area contributed by atoms with Crippen molar-refractivity contribution in [3.63, 3.8) is 0 Å². The second kappa shape index (κ2) is 8.06. The topological polar surface area (TPSA) is 117 Å². The van der Waals surface area contributed by atoms with Gasteiger partial charge in [0.05, 0.1) is 0 Å². The minimum absolute atomic E-state index is 0.0106. The Morgan fingerprint density at radius 2 is 2.00 bits per heavy atom. The Hall–Kier alpha value is -2.94. The second-order valence-corrected chi connectivity index (χ2v) is 8.33. The Morgan fingerprint density at radius 1 is 1.30 bits per heavy atom. The molecule has 10 heteroatoms. The van der Waals surface area contributed by atoms with Crippen LogP contribution in [0.5, 0.6) is 0 Å². The van der Waals surface area contributed by atoms with Crippen LogP contribution in [0.15, 0.2) is 28.8 Å². The van der Waals surface area contributed by atoms with E-state index < -0.39 is 23.4 Å². The SMILES string of the molecule is CC1CCC2(CC1)NC(=O)N(NC(=O)CCc1nc(-c3ccc(Cl)cc3)no1)C2=O. The molecule has 1 aromatic heterocycles. The average molecular weight is 432 g/mol. The molecule has 0 unspecified atom stereocenters. The molecular formula is C20H22ClN5O4. The van der Waals surface area contributed by atoms with E-state index >= 15 is 0 Å². The molecule has 0 radical (unpaired) electrons. The summed E-state index contributed by atoms with van der Waals surface area (Å²) in [6.07, 6.45) is 3.06. The summed E-state index contributed by atoms with van der Waals surface area (Å²) in [6, 6.07) is 6.38. The van der Waals surface area contributed by atoms with Crippen molar-refractivity contribution in [2.45, 2.75) is 51.0 Å². The summed E-state index contributed by atoms with van der Waals surface area (Å²) in [5.41, 5.74) is 2.25. The maximum atomic E-state index is 12.8. The fourth-order valence-corrected chi connectivity index (χ4v) is 3.92. The van der Waals surface area contributed by atoms with Crippen LogP contribution in [0.4, 0.5) is 4.79 Å². The predicted octanol–water partition coefficient (Wildman–Crippen LogP) is 2.85. The van der Waals surface area contributed by atoms with Crippen molar-refractivity contribution in [1.29, 1.82) is 0 Å². The van der Waals surface area contributed by atoms with Crippen LogP contribution >= 0.6 is 11.6 Å². The first-order valence-electron chi connectivity index (χ1n) is 9.91. The standard InChI is InChI=1S/C20H22ClN5O4/c1-12-8-10-20(11-9-12)18(28)26(19(29)23-20)24-15(27)6-7-16-22-17(25-30-16)13-2-4-14(21)5-3-13/h2-5,12H,6-11H2,1H3,(H,23,29)(H,24,27). The van der Waals surface area contributed by atoms with Crippen molar-refractivity contribution < 1.29 is 18.9 Å². The molecule has 2 N–H and O–H groups in total. The van der Waals surface area contributed by atoms with Gasteiger partial charge in [-0.05, 0) is 55.9 Å². The van der Waals surface area contributed by atoms with Crippen LogP contribution in [0.2, 0.25) is 5.02 Å². The molecule has 2 heterocycles. The third kappa shape index (κ3) is 4.02. The largest absolute Gasteiger partial charge is 0.344 e. The minimum atomic E-state index is -0.892. The van der Waals surface area contributed by atoms with E-state index in [-0.39, 0.29) is 18.7 Å². The van der Waals surface area contributed by atoms with Gasteiger partial charge in [-0.2, -0.15) is 9.99 Å². The van der Waals surface area contributed by atoms with Crippen LogP contribution in [0.25, 0.3) is 11.4 Å². The summed E-state index contributed by atoms with van der Waals surface area (Å²) >= 11 is 5.87. The summed E-state index contributed by atoms with van der Waals surface area (Å²) in [5, 5.41) is 8.06. The monoisotopic (exact) mass is 431 g/mol. The van der Waals surface area contributed by atoms with E-state index in [0.717, 1.165) is 23.4 Å². The molecule has 0 bridgehead atoms. The van der Waals surface area contributed by atoms with Gasteiger partial charge in [-0.3, -0.25) is 15.0 Å². The Morgan fingerprint density at radius 3 is 2.70 bits per heavy atom. The molecule has 9 nitrogen and oxygen atoms in total. The van der Waals surface area contributed by atoms with Crippen molar-refractivity contribution in [2.75, 3.05) is 0 Å². The van der Waals surface area contributed by atoms with E-state index in [4.69, 9.17) is 16.1 Å². The third-order valence-corrected chi connectivity index (χ3v) is 5.91. The molecule has 0 atom stereocenters. The van der Waals surface area contributed by atoms with Crippen LogP contribution in [0, 0.1) is 5.92 Å². The molecule has 158 valence electrons. The number of nitrogens with zero attached hydrogens (tertiary/aromatic N) is 3. The zero-order valence-electron chi connectivity index (χ0n) is 16.5. The van der Waals surface area contributed by atoms with Crippen molar-refractivity contribution in [3.05, 3.63) is 35.2 Å². The molecule has 1 aromatic carbocycles. The lowest BCUT2D eigenvalue weighted by atomic mass is 9.77. The number of urea groups is 1. The lowest BCUT2D eigenvalue weighted by molar-refractivity contribution is -0.140. The van der Waals surface area contributed by atoms with Crippen molar-refractivity contribution >= 4 is 29.4 Å². The van der Waals surface area contributed by atoms with Crippen molar-refractivity contribution in [3.8, 4) is 11.4 Å². The summed E-state index contributed by atoms with van der Waals surface area (Å²) in [5.74, 6) is 0.326. The van der Waals surface area contributed by atoms with Crippen LogP contribution in [0.3, 0.4) is 0 Å². The summed E-state index contributed by atoms with van der Waals surface area (Å²) in [6.45, 7) is 2.13. The molecular weight excluding hydrogens is 410 g/mol. The van der Waals surface area contributed by atoms with Crippen LogP contribution in [0.1, 0.15) is 44.9 Å². The van der Waals surface area contributed by atoms with E-state index in [1.165, 1.54) is 0 Å². The summed E-state index contributed by atoms with van der Waals surface area (Å²) in [7, 11) is 0. The molecule has 1 saturated carbocycles. The van der Waals surface area contributed by atoms with Gasteiger partial charge >= 0.3 is 6.03 Å². The first-order valence-corrected chi connectivity index (χ1v) is 10.3. The number of imide groups is 1. The first-order chi connectivity index (χ1) is 14.4. The normalized spacial score (nSPS) is 23.7. The predicted molar refractivity (Wildman–Crippen MR) is 107 cm³/mol. The number of nitrogens with one attached hydrogen (secondary N) is 2. The van der Waals surface area contributed by atoms with Gasteiger partial charge in [0.25, 0.3) is 5.91 Å². The second-order valence-electron chi connectivity index (χ2n) is 7.89. The van der Waals surface area contributed by atoms with Crippen LogP contribution in [-0.4, -0.2) is 38.5 Å². The molecule has 1 saturated heterocycles. The highest BCUT2D eigenvalue weighted by molar-refractivity contribution is 6.30. The first kappa shape index (κ1) is 20.3. The minimum Gasteiger partial charge on any atom is -0.339 e. The van der Waals surface area contributed by atoms with E-state index in [1.807, 2.05) is 0 Å². The number of aryl methyl sites for hydroxylation is 1. The molecule has 2 aliphatic rings. The molecule has 2 aromatic rings.